The molecule has 1 aliphatic heterocycles. The molecule has 0 saturated carbocycles. The molecule has 4 nitrogen and oxygen atoms in total. The van der Waals surface area contributed by atoms with Crippen LogP contribution >= 0.6 is 0 Å². The highest BCUT2D eigenvalue weighted by molar-refractivity contribution is 5.77. The van der Waals surface area contributed by atoms with Gasteiger partial charge in [-0.05, 0) is 31.5 Å². The Kier molecular flexibility index (Phi) is 4.69. The van der Waals surface area contributed by atoms with Crippen LogP contribution in [0.4, 0.5) is 13.2 Å². The van der Waals surface area contributed by atoms with E-state index in [1.54, 1.807) is 17.0 Å². The van der Waals surface area contributed by atoms with Crippen molar-refractivity contribution >= 4 is 5.91 Å². The first kappa shape index (κ1) is 14.9. The maximum absolute atomic E-state index is 12.6. The molecule has 1 atom stereocenters. The molecule has 1 aromatic rings. The number of hydrogen-bond donors (Lipinski definition) is 1. The van der Waals surface area contributed by atoms with E-state index < -0.39 is 12.1 Å². The molecule has 0 spiro atoms. The third-order valence-corrected chi connectivity index (χ3v) is 3.38. The molecule has 0 aliphatic carbocycles. The fraction of sp³-hybridized carbons (Fsp3) is 0.615. The van der Waals surface area contributed by atoms with Gasteiger partial charge in [0.05, 0.1) is 25.3 Å². The smallest absolute Gasteiger partial charge is 0.393 e. The van der Waals surface area contributed by atoms with Crippen LogP contribution in [0.1, 0.15) is 18.6 Å². The van der Waals surface area contributed by atoms with Gasteiger partial charge in [0, 0.05) is 6.54 Å². The van der Waals surface area contributed by atoms with E-state index in [0.717, 1.165) is 0 Å². The lowest BCUT2D eigenvalue weighted by molar-refractivity contribution is -0.187. The molecule has 7 heteroatoms. The third-order valence-electron chi connectivity index (χ3n) is 3.38. The van der Waals surface area contributed by atoms with E-state index in [2.05, 4.69) is 5.32 Å². The monoisotopic (exact) mass is 290 g/mol. The summed E-state index contributed by atoms with van der Waals surface area (Å²) in [5.74, 6) is -0.997. The van der Waals surface area contributed by atoms with Crippen molar-refractivity contribution in [2.24, 2.45) is 5.92 Å². The Hall–Kier alpha value is -1.50. The van der Waals surface area contributed by atoms with Crippen LogP contribution in [0.25, 0.3) is 0 Å². The van der Waals surface area contributed by atoms with Gasteiger partial charge < -0.3 is 9.73 Å². The molecule has 1 fully saturated rings. The molecule has 2 rings (SSSR count). The Morgan fingerprint density at radius 2 is 2.30 bits per heavy atom. The molecule has 2 heterocycles. The van der Waals surface area contributed by atoms with Crippen LogP contribution < -0.4 is 5.32 Å². The summed E-state index contributed by atoms with van der Waals surface area (Å²) < 4.78 is 43.0. The average Bonchev–Trinajstić information content (AvgIpc) is 2.89. The minimum absolute atomic E-state index is 0.00666. The summed E-state index contributed by atoms with van der Waals surface area (Å²) in [6.45, 7) is 0.675. The molecule has 20 heavy (non-hydrogen) atoms. The minimum Gasteiger partial charge on any atom is -0.467 e. The normalized spacial score (nSPS) is 20.9. The van der Waals surface area contributed by atoms with E-state index in [9.17, 15) is 18.0 Å². The lowest BCUT2D eigenvalue weighted by Gasteiger charge is -2.33. The Bertz CT molecular complexity index is 431. The standard InChI is InChI=1S/C13H17F3N2O2/c14-13(15,16)10-3-1-5-18(8-10)9-12(19)17-7-11-4-2-6-20-11/h2,4,6,10H,1,3,5,7-9H2,(H,17,19). The zero-order valence-corrected chi connectivity index (χ0v) is 10.9. The molecule has 0 aromatic carbocycles. The third kappa shape index (κ3) is 4.26. The summed E-state index contributed by atoms with van der Waals surface area (Å²) in [7, 11) is 0. The second kappa shape index (κ2) is 6.30. The highest BCUT2D eigenvalue weighted by Gasteiger charge is 2.41. The average molecular weight is 290 g/mol. The van der Waals surface area contributed by atoms with E-state index in [0.29, 0.717) is 18.7 Å². The number of piperidine rings is 1. The van der Waals surface area contributed by atoms with Crippen LogP contribution in [-0.4, -0.2) is 36.6 Å². The van der Waals surface area contributed by atoms with Gasteiger partial charge in [0.2, 0.25) is 5.91 Å². The maximum atomic E-state index is 12.6. The van der Waals surface area contributed by atoms with Crippen LogP contribution in [-0.2, 0) is 11.3 Å². The van der Waals surface area contributed by atoms with Gasteiger partial charge in [-0.15, -0.1) is 0 Å². The van der Waals surface area contributed by atoms with Gasteiger partial charge in [0.15, 0.2) is 0 Å². The second-order valence-corrected chi connectivity index (χ2v) is 4.97. The first-order valence-corrected chi connectivity index (χ1v) is 6.53. The topological polar surface area (TPSA) is 45.5 Å². The number of carbonyl (C=O) groups is 1. The van der Waals surface area contributed by atoms with Crippen LogP contribution in [0.3, 0.4) is 0 Å². The van der Waals surface area contributed by atoms with E-state index >= 15 is 0 Å². The Balaban J connectivity index is 1.76. The number of amides is 1. The van der Waals surface area contributed by atoms with E-state index in [1.807, 2.05) is 0 Å². The van der Waals surface area contributed by atoms with Crippen molar-refractivity contribution in [1.82, 2.24) is 10.2 Å². The summed E-state index contributed by atoms with van der Waals surface area (Å²) in [5, 5.41) is 2.63. The number of carbonyl (C=O) groups excluding carboxylic acids is 1. The number of alkyl halides is 3. The van der Waals surface area contributed by atoms with Crippen molar-refractivity contribution in [3.05, 3.63) is 24.2 Å². The van der Waals surface area contributed by atoms with E-state index in [-0.39, 0.29) is 32.0 Å². The molecule has 112 valence electrons. The largest absolute Gasteiger partial charge is 0.467 e. The molecule has 1 aromatic heterocycles. The molecule has 0 bridgehead atoms. The number of rotatable bonds is 4. The molecule has 1 unspecified atom stereocenters. The van der Waals surface area contributed by atoms with Gasteiger partial charge >= 0.3 is 6.18 Å². The van der Waals surface area contributed by atoms with Crippen LogP contribution in [0.5, 0.6) is 0 Å². The fourth-order valence-electron chi connectivity index (χ4n) is 2.32. The number of likely N-dealkylation sites (tertiary alicyclic amines) is 1. The van der Waals surface area contributed by atoms with Crippen molar-refractivity contribution in [1.29, 1.82) is 0 Å². The van der Waals surface area contributed by atoms with Crippen molar-refractivity contribution in [2.45, 2.75) is 25.6 Å². The first-order chi connectivity index (χ1) is 9.45. The number of nitrogens with zero attached hydrogens (tertiary/aromatic N) is 1. The molecular weight excluding hydrogens is 273 g/mol. The fourth-order valence-corrected chi connectivity index (χ4v) is 2.32. The van der Waals surface area contributed by atoms with Crippen LogP contribution in [0, 0.1) is 5.92 Å². The highest BCUT2D eigenvalue weighted by Crippen LogP contribution is 2.32. The zero-order chi connectivity index (χ0) is 14.6. The lowest BCUT2D eigenvalue weighted by atomic mass is 9.97. The van der Waals surface area contributed by atoms with Crippen molar-refractivity contribution in [2.75, 3.05) is 19.6 Å². The molecule has 0 radical (unpaired) electrons. The second-order valence-electron chi connectivity index (χ2n) is 4.97. The van der Waals surface area contributed by atoms with Gasteiger partial charge in [-0.3, -0.25) is 9.69 Å². The quantitative estimate of drug-likeness (QED) is 0.924. The van der Waals surface area contributed by atoms with Crippen molar-refractivity contribution in [3.8, 4) is 0 Å². The summed E-state index contributed by atoms with van der Waals surface area (Å²) in [6, 6.07) is 3.43. The SMILES string of the molecule is O=C(CN1CCCC(C(F)(F)F)C1)NCc1ccco1. The Morgan fingerprint density at radius 3 is 2.95 bits per heavy atom. The predicted octanol–water partition coefficient (Wildman–Crippen LogP) is 2.17. The minimum atomic E-state index is -4.18. The Labute approximate surface area is 114 Å². The lowest BCUT2D eigenvalue weighted by Crippen LogP contribution is -2.45. The van der Waals surface area contributed by atoms with Crippen molar-refractivity contribution in [3.63, 3.8) is 0 Å². The zero-order valence-electron chi connectivity index (χ0n) is 10.9. The molecule has 1 saturated heterocycles. The summed E-state index contributed by atoms with van der Waals surface area (Å²) in [4.78, 5) is 13.2. The number of nitrogens with one attached hydrogen (secondary N) is 1. The van der Waals surface area contributed by atoms with Crippen molar-refractivity contribution < 1.29 is 22.4 Å². The number of hydrogen-bond acceptors (Lipinski definition) is 3. The van der Waals surface area contributed by atoms with E-state index in [1.165, 1.54) is 6.26 Å². The number of halogens is 3. The number of furan rings is 1. The first-order valence-electron chi connectivity index (χ1n) is 6.53. The molecule has 1 N–H and O–H groups in total. The molecule has 1 aliphatic rings. The molecular formula is C13H17F3N2O2. The highest BCUT2D eigenvalue weighted by atomic mass is 19.4. The Morgan fingerprint density at radius 1 is 1.50 bits per heavy atom. The van der Waals surface area contributed by atoms with Crippen LogP contribution in [0.15, 0.2) is 22.8 Å². The van der Waals surface area contributed by atoms with Gasteiger partial charge in [0.25, 0.3) is 0 Å². The van der Waals surface area contributed by atoms with Gasteiger partial charge in [-0.2, -0.15) is 13.2 Å². The van der Waals surface area contributed by atoms with Gasteiger partial charge in [-0.25, -0.2) is 0 Å². The predicted molar refractivity (Wildman–Crippen MR) is 65.8 cm³/mol. The maximum Gasteiger partial charge on any atom is 0.393 e. The van der Waals surface area contributed by atoms with Crippen LogP contribution in [0.2, 0.25) is 0 Å². The summed E-state index contributed by atoms with van der Waals surface area (Å²) >= 11 is 0. The van der Waals surface area contributed by atoms with E-state index in [4.69, 9.17) is 4.42 Å². The molecule has 1 amide bonds. The summed E-state index contributed by atoms with van der Waals surface area (Å²) in [6.07, 6.45) is -2.06. The summed E-state index contributed by atoms with van der Waals surface area (Å²) in [5.41, 5.74) is 0. The van der Waals surface area contributed by atoms with Gasteiger partial charge in [0.1, 0.15) is 5.76 Å². The van der Waals surface area contributed by atoms with Gasteiger partial charge in [-0.1, -0.05) is 0 Å².